The smallest absolute Gasteiger partial charge is 0.336 e. The number of hydrogen-bond acceptors (Lipinski definition) is 5. The Labute approximate surface area is 187 Å². The SMILES string of the molecule is CCN=c1ccc2c(-c3ccc(N)cc3C(=O)O)c3ccc(N(CC)CC)cc3oc-2c1. The number of nitrogens with two attached hydrogens (primary N) is 1. The van der Waals surface area contributed by atoms with Crippen molar-refractivity contribution in [3.05, 3.63) is 65.5 Å². The van der Waals surface area contributed by atoms with Crippen molar-refractivity contribution < 1.29 is 14.3 Å². The summed E-state index contributed by atoms with van der Waals surface area (Å²) in [6.07, 6.45) is 0. The number of anilines is 2. The molecule has 6 heteroatoms. The van der Waals surface area contributed by atoms with Crippen LogP contribution in [-0.4, -0.2) is 30.7 Å². The Hall–Kier alpha value is -3.80. The predicted molar refractivity (Wildman–Crippen MR) is 129 cm³/mol. The quantitative estimate of drug-likeness (QED) is 0.322. The summed E-state index contributed by atoms with van der Waals surface area (Å²) in [5.41, 5.74) is 10.5. The third-order valence-corrected chi connectivity index (χ3v) is 5.70. The highest BCUT2D eigenvalue weighted by Gasteiger charge is 2.22. The molecule has 2 aromatic rings. The molecule has 0 atom stereocenters. The lowest BCUT2D eigenvalue weighted by atomic mass is 9.90. The number of fused-ring (bicyclic) bond motifs is 2. The molecule has 2 aromatic carbocycles. The number of nitrogens with zero attached hydrogens (tertiary/aromatic N) is 2. The van der Waals surface area contributed by atoms with E-state index in [0.29, 0.717) is 29.1 Å². The van der Waals surface area contributed by atoms with E-state index < -0.39 is 5.97 Å². The average molecular weight is 430 g/mol. The molecule has 1 aliphatic heterocycles. The van der Waals surface area contributed by atoms with Gasteiger partial charge in [-0.15, -0.1) is 0 Å². The molecule has 0 bridgehead atoms. The molecule has 0 aromatic heterocycles. The standard InChI is InChI=1S/C26H27N3O3/c1-4-28-17-8-11-20-23(14-17)32-24-15-18(29(5-2)6-3)9-12-21(24)25(20)19-10-7-16(27)13-22(19)26(30)31/h7-15H,4-6,27H2,1-3H3,(H,30,31). The number of hydrogen-bond donors (Lipinski definition) is 2. The Morgan fingerprint density at radius 2 is 1.75 bits per heavy atom. The van der Waals surface area contributed by atoms with Gasteiger partial charge in [0, 0.05) is 59.7 Å². The normalized spacial score (nSPS) is 11.9. The van der Waals surface area contributed by atoms with E-state index in [1.807, 2.05) is 37.3 Å². The summed E-state index contributed by atoms with van der Waals surface area (Å²) in [7, 11) is 0. The van der Waals surface area contributed by atoms with E-state index in [1.165, 1.54) is 6.07 Å². The van der Waals surface area contributed by atoms with Crippen molar-refractivity contribution in [1.82, 2.24) is 0 Å². The van der Waals surface area contributed by atoms with Crippen molar-refractivity contribution in [1.29, 1.82) is 0 Å². The molecule has 0 fully saturated rings. The minimum atomic E-state index is -1.02. The van der Waals surface area contributed by atoms with Crippen LogP contribution in [0.3, 0.4) is 0 Å². The summed E-state index contributed by atoms with van der Waals surface area (Å²) in [5, 5.41) is 11.6. The first-order chi connectivity index (χ1) is 15.5. The number of carboxylic acid groups (broad SMARTS) is 1. The van der Waals surface area contributed by atoms with Gasteiger partial charge in [-0.1, -0.05) is 6.07 Å². The van der Waals surface area contributed by atoms with Crippen LogP contribution >= 0.6 is 0 Å². The van der Waals surface area contributed by atoms with Crippen molar-refractivity contribution in [3.63, 3.8) is 0 Å². The summed E-state index contributed by atoms with van der Waals surface area (Å²) in [4.78, 5) is 18.8. The maximum absolute atomic E-state index is 12.1. The van der Waals surface area contributed by atoms with Gasteiger partial charge in [-0.3, -0.25) is 4.99 Å². The largest absolute Gasteiger partial charge is 0.478 e. The Kier molecular flexibility index (Phi) is 5.86. The first-order valence-electron chi connectivity index (χ1n) is 10.9. The molecule has 2 aliphatic rings. The van der Waals surface area contributed by atoms with Crippen LogP contribution in [0.2, 0.25) is 0 Å². The molecule has 0 amide bonds. The third-order valence-electron chi connectivity index (χ3n) is 5.70. The summed E-state index contributed by atoms with van der Waals surface area (Å²) in [6.45, 7) is 8.63. The van der Waals surface area contributed by atoms with Gasteiger partial charge in [0.2, 0.25) is 0 Å². The second-order valence-corrected chi connectivity index (χ2v) is 7.59. The first kappa shape index (κ1) is 21.4. The molecule has 6 nitrogen and oxygen atoms in total. The van der Waals surface area contributed by atoms with Crippen LogP contribution in [0.5, 0.6) is 0 Å². The highest BCUT2D eigenvalue weighted by atomic mass is 16.4. The number of carboxylic acids is 1. The van der Waals surface area contributed by atoms with Crippen LogP contribution < -0.4 is 16.0 Å². The zero-order valence-corrected chi connectivity index (χ0v) is 18.6. The zero-order valence-electron chi connectivity index (χ0n) is 18.6. The second-order valence-electron chi connectivity index (χ2n) is 7.59. The van der Waals surface area contributed by atoms with Crippen LogP contribution in [0.15, 0.2) is 64.0 Å². The van der Waals surface area contributed by atoms with Crippen LogP contribution in [0.1, 0.15) is 31.1 Å². The minimum absolute atomic E-state index is 0.161. The topological polar surface area (TPSA) is 92.1 Å². The van der Waals surface area contributed by atoms with Gasteiger partial charge in [0.05, 0.1) is 10.9 Å². The van der Waals surface area contributed by atoms with Gasteiger partial charge in [0.15, 0.2) is 0 Å². The molecule has 4 rings (SSSR count). The van der Waals surface area contributed by atoms with Gasteiger partial charge < -0.3 is 20.2 Å². The number of aromatic carboxylic acids is 1. The lowest BCUT2D eigenvalue weighted by Gasteiger charge is -2.22. The Morgan fingerprint density at radius 1 is 1.00 bits per heavy atom. The van der Waals surface area contributed by atoms with E-state index >= 15 is 0 Å². The highest BCUT2D eigenvalue weighted by Crippen LogP contribution is 2.42. The Balaban J connectivity index is 2.12. The molecule has 1 aliphatic carbocycles. The fraction of sp³-hybridized carbons (Fsp3) is 0.231. The molecule has 1 heterocycles. The molecule has 0 saturated carbocycles. The molecule has 0 spiro atoms. The number of nitrogen functional groups attached to an aromatic ring is 1. The fourth-order valence-corrected chi connectivity index (χ4v) is 4.18. The molecule has 0 saturated heterocycles. The van der Waals surface area contributed by atoms with Crippen molar-refractivity contribution in [3.8, 4) is 22.5 Å². The lowest BCUT2D eigenvalue weighted by molar-refractivity contribution is 0.0698. The zero-order chi connectivity index (χ0) is 22.8. The minimum Gasteiger partial charge on any atom is -0.478 e. The van der Waals surface area contributed by atoms with Crippen molar-refractivity contribution in [2.75, 3.05) is 30.3 Å². The molecule has 0 unspecified atom stereocenters. The predicted octanol–water partition coefficient (Wildman–Crippen LogP) is 5.25. The third kappa shape index (κ3) is 3.80. The monoisotopic (exact) mass is 429 g/mol. The van der Waals surface area contributed by atoms with Gasteiger partial charge in [-0.2, -0.15) is 0 Å². The molecule has 0 radical (unpaired) electrons. The fourth-order valence-electron chi connectivity index (χ4n) is 4.18. The lowest BCUT2D eigenvalue weighted by Crippen LogP contribution is -2.21. The van der Waals surface area contributed by atoms with E-state index in [0.717, 1.165) is 40.6 Å². The van der Waals surface area contributed by atoms with E-state index in [4.69, 9.17) is 10.2 Å². The van der Waals surface area contributed by atoms with Gasteiger partial charge >= 0.3 is 5.97 Å². The molecular formula is C26H27N3O3. The Bertz CT molecular complexity index is 1340. The number of benzene rings is 3. The van der Waals surface area contributed by atoms with Gasteiger partial charge in [0.25, 0.3) is 0 Å². The van der Waals surface area contributed by atoms with Crippen molar-refractivity contribution in [2.45, 2.75) is 20.8 Å². The summed E-state index contributed by atoms with van der Waals surface area (Å²) >= 11 is 0. The van der Waals surface area contributed by atoms with E-state index in [-0.39, 0.29) is 5.56 Å². The maximum atomic E-state index is 12.1. The molecular weight excluding hydrogens is 402 g/mol. The van der Waals surface area contributed by atoms with E-state index in [2.05, 4.69) is 29.8 Å². The van der Waals surface area contributed by atoms with Crippen LogP contribution in [-0.2, 0) is 0 Å². The number of rotatable bonds is 6. The van der Waals surface area contributed by atoms with E-state index in [9.17, 15) is 9.90 Å². The second kappa shape index (κ2) is 8.75. The van der Waals surface area contributed by atoms with Crippen LogP contribution in [0.4, 0.5) is 11.4 Å². The summed E-state index contributed by atoms with van der Waals surface area (Å²) < 4.78 is 6.34. The van der Waals surface area contributed by atoms with Crippen molar-refractivity contribution in [2.24, 2.45) is 4.99 Å². The molecule has 164 valence electrons. The average Bonchev–Trinajstić information content (AvgIpc) is 2.78. The maximum Gasteiger partial charge on any atom is 0.336 e. The van der Waals surface area contributed by atoms with E-state index in [1.54, 1.807) is 12.1 Å². The van der Waals surface area contributed by atoms with Crippen LogP contribution in [0, 0.1) is 0 Å². The number of carbonyl (C=O) groups is 1. The van der Waals surface area contributed by atoms with Crippen LogP contribution in [0.25, 0.3) is 33.4 Å². The molecule has 3 N–H and O–H groups in total. The Morgan fingerprint density at radius 3 is 2.44 bits per heavy atom. The first-order valence-corrected chi connectivity index (χ1v) is 10.9. The van der Waals surface area contributed by atoms with Gasteiger partial charge in [0.1, 0.15) is 11.3 Å². The van der Waals surface area contributed by atoms with Crippen molar-refractivity contribution >= 4 is 28.3 Å². The van der Waals surface area contributed by atoms with Gasteiger partial charge in [-0.25, -0.2) is 4.79 Å². The van der Waals surface area contributed by atoms with Gasteiger partial charge in [-0.05, 0) is 62.7 Å². The highest BCUT2D eigenvalue weighted by molar-refractivity contribution is 6.08. The molecule has 32 heavy (non-hydrogen) atoms. The summed E-state index contributed by atoms with van der Waals surface area (Å²) in [5.74, 6) is -0.362. The summed E-state index contributed by atoms with van der Waals surface area (Å²) in [6, 6.07) is 16.9.